The van der Waals surface area contributed by atoms with Crippen LogP contribution in [0.4, 0.5) is 0 Å². The third-order valence-corrected chi connectivity index (χ3v) is 2.72. The van der Waals surface area contributed by atoms with E-state index in [-0.39, 0.29) is 16.9 Å². The van der Waals surface area contributed by atoms with Crippen LogP contribution in [-0.4, -0.2) is 21.4 Å². The zero-order valence-corrected chi connectivity index (χ0v) is 14.3. The topological polar surface area (TPSA) is 44.1 Å². The van der Waals surface area contributed by atoms with E-state index in [0.29, 0.717) is 5.69 Å². The Kier molecular flexibility index (Phi) is 4.10. The molecule has 0 atom stereocenters. The predicted molar refractivity (Wildman–Crippen MR) is 81.1 cm³/mol. The molecule has 0 aliphatic heterocycles. The fourth-order valence-electron chi connectivity index (χ4n) is 1.86. The van der Waals surface area contributed by atoms with Gasteiger partial charge in [0.15, 0.2) is 5.69 Å². The van der Waals surface area contributed by atoms with E-state index in [1.807, 2.05) is 31.5 Å². The SMILES string of the molecule is CC(C)(C)OC(=O)c1cc(C(C)(C)C)n(C(C)(C)C)n1. The van der Waals surface area contributed by atoms with Gasteiger partial charge in [-0.2, -0.15) is 5.10 Å². The van der Waals surface area contributed by atoms with Crippen LogP contribution in [-0.2, 0) is 15.7 Å². The largest absolute Gasteiger partial charge is 0.455 e. The molecular weight excluding hydrogens is 252 g/mol. The lowest BCUT2D eigenvalue weighted by atomic mass is 9.90. The van der Waals surface area contributed by atoms with E-state index in [2.05, 4.69) is 46.6 Å². The smallest absolute Gasteiger partial charge is 0.359 e. The molecule has 4 heteroatoms. The Balaban J connectivity index is 3.26. The average Bonchev–Trinajstić information content (AvgIpc) is 2.56. The lowest BCUT2D eigenvalue weighted by Gasteiger charge is -2.28. The molecule has 0 unspecified atom stereocenters. The van der Waals surface area contributed by atoms with Gasteiger partial charge in [-0.3, -0.25) is 4.68 Å². The van der Waals surface area contributed by atoms with Gasteiger partial charge in [0.25, 0.3) is 0 Å². The average molecular weight is 280 g/mol. The molecule has 0 saturated heterocycles. The van der Waals surface area contributed by atoms with Crippen LogP contribution in [0.3, 0.4) is 0 Å². The van der Waals surface area contributed by atoms with E-state index in [1.165, 1.54) is 0 Å². The van der Waals surface area contributed by atoms with Gasteiger partial charge in [0.2, 0.25) is 0 Å². The van der Waals surface area contributed by atoms with E-state index in [9.17, 15) is 4.79 Å². The maximum atomic E-state index is 12.2. The summed E-state index contributed by atoms with van der Waals surface area (Å²) >= 11 is 0. The third-order valence-electron chi connectivity index (χ3n) is 2.72. The van der Waals surface area contributed by atoms with Gasteiger partial charge in [-0.25, -0.2) is 4.79 Å². The van der Waals surface area contributed by atoms with Crippen LogP contribution in [0.25, 0.3) is 0 Å². The van der Waals surface area contributed by atoms with Gasteiger partial charge in [0, 0.05) is 11.1 Å². The zero-order chi connectivity index (χ0) is 15.9. The van der Waals surface area contributed by atoms with E-state index in [0.717, 1.165) is 5.69 Å². The highest BCUT2D eigenvalue weighted by Gasteiger charge is 2.30. The Labute approximate surface area is 122 Å². The summed E-state index contributed by atoms with van der Waals surface area (Å²) in [5.41, 5.74) is 0.638. The molecule has 0 amide bonds. The summed E-state index contributed by atoms with van der Waals surface area (Å²) in [4.78, 5) is 12.2. The number of hydrogen-bond acceptors (Lipinski definition) is 3. The first-order chi connectivity index (χ1) is 8.72. The zero-order valence-electron chi connectivity index (χ0n) is 14.3. The summed E-state index contributed by atoms with van der Waals surface area (Å²) < 4.78 is 7.33. The van der Waals surface area contributed by atoms with Gasteiger partial charge < -0.3 is 4.74 Å². The molecule has 20 heavy (non-hydrogen) atoms. The minimum atomic E-state index is -0.509. The van der Waals surface area contributed by atoms with Crippen molar-refractivity contribution in [3.05, 3.63) is 17.5 Å². The van der Waals surface area contributed by atoms with Crippen molar-refractivity contribution in [1.82, 2.24) is 9.78 Å². The number of carbonyl (C=O) groups excluding carboxylic acids is 1. The molecule has 0 radical (unpaired) electrons. The van der Waals surface area contributed by atoms with Crippen LogP contribution in [0.1, 0.15) is 78.5 Å². The van der Waals surface area contributed by atoms with Crippen LogP contribution in [0, 0.1) is 0 Å². The van der Waals surface area contributed by atoms with Crippen LogP contribution in [0.5, 0.6) is 0 Å². The number of carbonyl (C=O) groups is 1. The number of nitrogens with zero attached hydrogens (tertiary/aromatic N) is 2. The molecule has 0 aromatic carbocycles. The molecule has 0 N–H and O–H groups in total. The minimum Gasteiger partial charge on any atom is -0.455 e. The van der Waals surface area contributed by atoms with Crippen molar-refractivity contribution >= 4 is 5.97 Å². The summed E-state index contributed by atoms with van der Waals surface area (Å²) in [6.07, 6.45) is 0. The molecule has 1 heterocycles. The van der Waals surface area contributed by atoms with Gasteiger partial charge in [0.05, 0.1) is 5.54 Å². The standard InChI is InChI=1S/C16H28N2O2/c1-14(2,3)12-10-11(13(19)20-16(7,8)9)17-18(12)15(4,5)6/h10H,1-9H3. The van der Waals surface area contributed by atoms with Crippen molar-refractivity contribution < 1.29 is 9.53 Å². The summed E-state index contributed by atoms with van der Waals surface area (Å²) in [7, 11) is 0. The third kappa shape index (κ3) is 4.09. The van der Waals surface area contributed by atoms with Crippen LogP contribution in [0.15, 0.2) is 6.07 Å². The van der Waals surface area contributed by atoms with Crippen molar-refractivity contribution in [3.8, 4) is 0 Å². The van der Waals surface area contributed by atoms with Crippen molar-refractivity contribution in [2.75, 3.05) is 0 Å². The Morgan fingerprint density at radius 3 is 1.85 bits per heavy atom. The second-order valence-corrected chi connectivity index (χ2v) is 8.25. The van der Waals surface area contributed by atoms with Crippen LogP contribution >= 0.6 is 0 Å². The monoisotopic (exact) mass is 280 g/mol. The van der Waals surface area contributed by atoms with Gasteiger partial charge in [0.1, 0.15) is 5.60 Å². The molecule has 0 spiro atoms. The Morgan fingerprint density at radius 1 is 1.05 bits per heavy atom. The Hall–Kier alpha value is -1.32. The summed E-state index contributed by atoms with van der Waals surface area (Å²) in [5.74, 6) is -0.369. The highest BCUT2D eigenvalue weighted by Crippen LogP contribution is 2.28. The van der Waals surface area contributed by atoms with Crippen molar-refractivity contribution in [1.29, 1.82) is 0 Å². The van der Waals surface area contributed by atoms with Crippen LogP contribution < -0.4 is 0 Å². The first-order valence-corrected chi connectivity index (χ1v) is 7.06. The predicted octanol–water partition coefficient (Wildman–Crippen LogP) is 3.89. The van der Waals surface area contributed by atoms with Crippen LogP contribution in [0.2, 0.25) is 0 Å². The molecule has 1 aromatic heterocycles. The summed E-state index contributed by atoms with van der Waals surface area (Å²) in [6, 6.07) is 1.85. The normalized spacial score (nSPS) is 13.4. The second kappa shape index (κ2) is 4.90. The van der Waals surface area contributed by atoms with Crippen molar-refractivity contribution in [3.63, 3.8) is 0 Å². The quantitative estimate of drug-likeness (QED) is 0.733. The van der Waals surface area contributed by atoms with E-state index >= 15 is 0 Å². The fourth-order valence-corrected chi connectivity index (χ4v) is 1.86. The lowest BCUT2D eigenvalue weighted by Crippen LogP contribution is -2.30. The molecule has 0 aliphatic rings. The first-order valence-electron chi connectivity index (χ1n) is 7.06. The summed E-state index contributed by atoms with van der Waals surface area (Å²) in [5, 5.41) is 4.47. The lowest BCUT2D eigenvalue weighted by molar-refractivity contribution is 0.00614. The summed E-state index contributed by atoms with van der Waals surface area (Å²) in [6.45, 7) is 18.2. The van der Waals surface area contributed by atoms with E-state index in [4.69, 9.17) is 4.74 Å². The molecule has 1 rings (SSSR count). The number of hydrogen-bond donors (Lipinski definition) is 0. The molecule has 0 bridgehead atoms. The maximum Gasteiger partial charge on any atom is 0.359 e. The molecular formula is C16H28N2O2. The van der Waals surface area contributed by atoms with Crippen molar-refractivity contribution in [2.45, 2.75) is 78.9 Å². The number of esters is 1. The van der Waals surface area contributed by atoms with Gasteiger partial charge in [-0.15, -0.1) is 0 Å². The van der Waals surface area contributed by atoms with Gasteiger partial charge >= 0.3 is 5.97 Å². The Morgan fingerprint density at radius 2 is 1.55 bits per heavy atom. The Bertz CT molecular complexity index is 463. The van der Waals surface area contributed by atoms with E-state index in [1.54, 1.807) is 0 Å². The molecule has 0 fully saturated rings. The highest BCUT2D eigenvalue weighted by molar-refractivity contribution is 5.87. The molecule has 0 aliphatic carbocycles. The molecule has 4 nitrogen and oxygen atoms in total. The number of aromatic nitrogens is 2. The van der Waals surface area contributed by atoms with Gasteiger partial charge in [-0.05, 0) is 47.6 Å². The minimum absolute atomic E-state index is 0.0828. The maximum absolute atomic E-state index is 12.2. The molecule has 114 valence electrons. The number of ether oxygens (including phenoxy) is 1. The second-order valence-electron chi connectivity index (χ2n) is 8.25. The van der Waals surface area contributed by atoms with Crippen molar-refractivity contribution in [2.24, 2.45) is 0 Å². The number of rotatable bonds is 1. The first kappa shape index (κ1) is 16.7. The van der Waals surface area contributed by atoms with E-state index < -0.39 is 5.60 Å². The molecule has 1 aromatic rings. The van der Waals surface area contributed by atoms with Gasteiger partial charge in [-0.1, -0.05) is 20.8 Å². The molecule has 0 saturated carbocycles. The highest BCUT2D eigenvalue weighted by atomic mass is 16.6. The fraction of sp³-hybridized carbons (Fsp3) is 0.750.